The van der Waals surface area contributed by atoms with E-state index >= 15 is 0 Å². The summed E-state index contributed by atoms with van der Waals surface area (Å²) in [5.74, 6) is 0.608. The van der Waals surface area contributed by atoms with Gasteiger partial charge in [0, 0.05) is 41.4 Å². The van der Waals surface area contributed by atoms with Gasteiger partial charge in [-0.25, -0.2) is 4.79 Å². The zero-order chi connectivity index (χ0) is 14.3. The van der Waals surface area contributed by atoms with Crippen molar-refractivity contribution in [2.24, 2.45) is 0 Å². The summed E-state index contributed by atoms with van der Waals surface area (Å²) in [4.78, 5) is 11.4. The predicted molar refractivity (Wildman–Crippen MR) is 75.2 cm³/mol. The predicted octanol–water partition coefficient (Wildman–Crippen LogP) is 1.26. The van der Waals surface area contributed by atoms with Gasteiger partial charge in [0.15, 0.2) is 0 Å². The van der Waals surface area contributed by atoms with Gasteiger partial charge in [0.2, 0.25) is 0 Å². The number of carbonyl (C=O) groups excluding carboxylic acids is 1. The number of amides is 1. The number of hydrogen-bond acceptors (Lipinski definition) is 4. The number of ether oxygens (including phenoxy) is 1. The summed E-state index contributed by atoms with van der Waals surface area (Å²) in [6, 6.07) is 0.266. The van der Waals surface area contributed by atoms with Crippen molar-refractivity contribution < 1.29 is 13.7 Å². The van der Waals surface area contributed by atoms with Crippen molar-refractivity contribution in [3.63, 3.8) is 0 Å². The lowest BCUT2D eigenvalue weighted by atomic mass is 10.2. The Morgan fingerprint density at radius 3 is 2.28 bits per heavy atom. The third kappa shape index (κ3) is 10.5. The van der Waals surface area contributed by atoms with E-state index in [1.54, 1.807) is 6.26 Å². The highest BCUT2D eigenvalue weighted by Crippen LogP contribution is 2.06. The molecular formula is C12H26N2O3S. The Morgan fingerprint density at radius 1 is 1.28 bits per heavy atom. The molecule has 0 radical (unpaired) electrons. The molecule has 0 saturated heterocycles. The fourth-order valence-corrected chi connectivity index (χ4v) is 2.30. The van der Waals surface area contributed by atoms with Crippen molar-refractivity contribution >= 4 is 16.9 Å². The molecule has 1 amide bonds. The maximum atomic E-state index is 11.4. The quantitative estimate of drug-likeness (QED) is 0.767. The summed E-state index contributed by atoms with van der Waals surface area (Å²) in [6.07, 6.45) is 1.27. The van der Waals surface area contributed by atoms with Crippen molar-refractivity contribution in [2.75, 3.05) is 18.6 Å². The van der Waals surface area contributed by atoms with Gasteiger partial charge in [-0.2, -0.15) is 0 Å². The van der Waals surface area contributed by atoms with Gasteiger partial charge in [0.25, 0.3) is 0 Å². The van der Waals surface area contributed by atoms with E-state index in [4.69, 9.17) is 4.74 Å². The summed E-state index contributed by atoms with van der Waals surface area (Å²) in [5.41, 5.74) is -0.479. The van der Waals surface area contributed by atoms with E-state index in [1.807, 2.05) is 34.6 Å². The molecule has 0 aliphatic heterocycles. The molecule has 2 N–H and O–H groups in total. The third-order valence-electron chi connectivity index (χ3n) is 2.01. The smallest absolute Gasteiger partial charge is 0.407 e. The average molecular weight is 278 g/mol. The van der Waals surface area contributed by atoms with Crippen LogP contribution in [0.3, 0.4) is 0 Å². The number of hydrogen-bond donors (Lipinski definition) is 2. The van der Waals surface area contributed by atoms with Gasteiger partial charge >= 0.3 is 6.09 Å². The van der Waals surface area contributed by atoms with Crippen LogP contribution in [0.4, 0.5) is 4.79 Å². The molecule has 0 aliphatic carbocycles. The lowest BCUT2D eigenvalue weighted by Crippen LogP contribution is -2.45. The first kappa shape index (κ1) is 17.4. The van der Waals surface area contributed by atoms with Crippen LogP contribution in [0, 0.1) is 0 Å². The summed E-state index contributed by atoms with van der Waals surface area (Å²) in [7, 11) is -0.813. The Hall–Kier alpha value is -0.620. The Balaban J connectivity index is 3.86. The van der Waals surface area contributed by atoms with Gasteiger partial charge in [-0.1, -0.05) is 0 Å². The molecule has 0 aromatic carbocycles. The molecule has 0 fully saturated rings. The van der Waals surface area contributed by atoms with E-state index in [1.165, 1.54) is 0 Å². The molecule has 0 heterocycles. The van der Waals surface area contributed by atoms with Gasteiger partial charge in [0.05, 0.1) is 0 Å². The van der Waals surface area contributed by atoms with E-state index in [-0.39, 0.29) is 12.1 Å². The second-order valence-electron chi connectivity index (χ2n) is 5.59. The van der Waals surface area contributed by atoms with Crippen LogP contribution in [0.1, 0.15) is 34.6 Å². The summed E-state index contributed by atoms with van der Waals surface area (Å²) < 4.78 is 16.2. The second kappa shape index (κ2) is 7.74. The molecule has 0 aliphatic rings. The van der Waals surface area contributed by atoms with Crippen LogP contribution in [-0.4, -0.2) is 46.5 Å². The zero-order valence-corrected chi connectivity index (χ0v) is 13.0. The van der Waals surface area contributed by atoms with E-state index < -0.39 is 22.5 Å². The molecule has 5 nitrogen and oxygen atoms in total. The van der Waals surface area contributed by atoms with Crippen molar-refractivity contribution in [2.45, 2.75) is 52.3 Å². The van der Waals surface area contributed by atoms with Crippen molar-refractivity contribution in [1.29, 1.82) is 0 Å². The molecule has 0 spiro atoms. The molecule has 3 unspecified atom stereocenters. The highest BCUT2D eigenvalue weighted by molar-refractivity contribution is 7.84. The van der Waals surface area contributed by atoms with E-state index in [2.05, 4.69) is 10.6 Å². The van der Waals surface area contributed by atoms with Crippen molar-refractivity contribution in [3.8, 4) is 0 Å². The first-order valence-electron chi connectivity index (χ1n) is 6.13. The maximum Gasteiger partial charge on any atom is 0.407 e. The molecule has 0 rings (SSSR count). The van der Waals surface area contributed by atoms with Crippen LogP contribution in [0.25, 0.3) is 0 Å². The first-order valence-corrected chi connectivity index (χ1v) is 7.86. The fourth-order valence-electron chi connectivity index (χ4n) is 1.50. The minimum atomic E-state index is -0.813. The first-order chi connectivity index (χ1) is 8.10. The lowest BCUT2D eigenvalue weighted by molar-refractivity contribution is 0.0523. The zero-order valence-electron chi connectivity index (χ0n) is 12.2. The summed E-state index contributed by atoms with van der Waals surface area (Å²) >= 11 is 0. The van der Waals surface area contributed by atoms with E-state index in [0.717, 1.165) is 0 Å². The Morgan fingerprint density at radius 2 is 1.83 bits per heavy atom. The fraction of sp³-hybridized carbons (Fsp3) is 0.917. The largest absolute Gasteiger partial charge is 0.444 e. The normalized spacial score (nSPS) is 16.8. The number of alkyl carbamates (subject to hydrolysis) is 1. The minimum Gasteiger partial charge on any atom is -0.444 e. The molecule has 0 aromatic heterocycles. The monoisotopic (exact) mass is 278 g/mol. The molecule has 18 heavy (non-hydrogen) atoms. The minimum absolute atomic E-state index is 0.107. The van der Waals surface area contributed by atoms with Crippen molar-refractivity contribution in [3.05, 3.63) is 0 Å². The van der Waals surface area contributed by atoms with Crippen molar-refractivity contribution in [1.82, 2.24) is 10.6 Å². The second-order valence-corrected chi connectivity index (χ2v) is 7.07. The van der Waals surface area contributed by atoms with Crippen LogP contribution < -0.4 is 10.6 Å². The van der Waals surface area contributed by atoms with Gasteiger partial charge in [-0.15, -0.1) is 0 Å². The van der Waals surface area contributed by atoms with E-state index in [9.17, 15) is 9.00 Å². The number of rotatable bonds is 6. The van der Waals surface area contributed by atoms with Gasteiger partial charge < -0.3 is 15.4 Å². The third-order valence-corrected chi connectivity index (χ3v) is 2.97. The van der Waals surface area contributed by atoms with Crippen LogP contribution in [0.5, 0.6) is 0 Å². The van der Waals surface area contributed by atoms with E-state index in [0.29, 0.717) is 12.3 Å². The maximum absolute atomic E-state index is 11.4. The van der Waals surface area contributed by atoms with Crippen LogP contribution >= 0.6 is 0 Å². The Bertz CT molecular complexity index is 290. The standard InChI is InChI=1S/C12H26N2O3S/c1-9(14-10(2)8-18(6)16)7-13-11(15)17-12(3,4)5/h9-10,14H,7-8H2,1-6H3,(H,13,15). The van der Waals surface area contributed by atoms with Gasteiger partial charge in [0.1, 0.15) is 5.60 Å². The summed E-state index contributed by atoms with van der Waals surface area (Å²) in [5, 5.41) is 5.96. The molecule has 108 valence electrons. The van der Waals surface area contributed by atoms with Gasteiger partial charge in [-0.3, -0.25) is 4.21 Å². The molecule has 0 bridgehead atoms. The SMILES string of the molecule is CC(CNC(=O)OC(C)(C)C)NC(C)CS(C)=O. The number of nitrogens with one attached hydrogen (secondary N) is 2. The van der Waals surface area contributed by atoms with Crippen LogP contribution in [0.15, 0.2) is 0 Å². The summed E-state index contributed by atoms with van der Waals surface area (Å²) in [6.45, 7) is 9.90. The highest BCUT2D eigenvalue weighted by Gasteiger charge is 2.16. The Kier molecular flexibility index (Phi) is 7.47. The molecular weight excluding hydrogens is 252 g/mol. The highest BCUT2D eigenvalue weighted by atomic mass is 32.2. The average Bonchev–Trinajstić information content (AvgIpc) is 2.10. The molecule has 3 atom stereocenters. The van der Waals surface area contributed by atoms with Crippen LogP contribution in [-0.2, 0) is 15.5 Å². The topological polar surface area (TPSA) is 67.4 Å². The van der Waals surface area contributed by atoms with Gasteiger partial charge in [-0.05, 0) is 34.6 Å². The molecule has 0 saturated carbocycles. The molecule has 6 heteroatoms. The number of carbonyl (C=O) groups is 1. The molecule has 0 aromatic rings. The Labute approximate surface area is 113 Å². The van der Waals surface area contributed by atoms with Crippen LogP contribution in [0.2, 0.25) is 0 Å². The lowest BCUT2D eigenvalue weighted by Gasteiger charge is -2.22.